The van der Waals surface area contributed by atoms with Gasteiger partial charge in [0.1, 0.15) is 6.33 Å². The summed E-state index contributed by atoms with van der Waals surface area (Å²) in [5.74, 6) is 0.535. The summed E-state index contributed by atoms with van der Waals surface area (Å²) in [7, 11) is 0. The van der Waals surface area contributed by atoms with Gasteiger partial charge < -0.3 is 11.1 Å². The third-order valence-corrected chi connectivity index (χ3v) is 3.66. The first-order valence-corrected chi connectivity index (χ1v) is 7.25. The van der Waals surface area contributed by atoms with Crippen LogP contribution in [0.2, 0.25) is 5.02 Å². The number of nitrogens with two attached hydrogens (primary N) is 1. The Hall–Kier alpha value is -1.79. The fraction of sp³-hybridized carbons (Fsp3) is 0.154. The van der Waals surface area contributed by atoms with E-state index in [1.807, 2.05) is 0 Å². The van der Waals surface area contributed by atoms with E-state index >= 15 is 0 Å². The molecule has 0 unspecified atom stereocenters. The minimum absolute atomic E-state index is 0.0989. The second-order valence-corrected chi connectivity index (χ2v) is 5.46. The zero-order valence-corrected chi connectivity index (χ0v) is 12.1. The first-order valence-electron chi connectivity index (χ1n) is 5.89. The molecule has 0 atom stereocenters. The van der Waals surface area contributed by atoms with Gasteiger partial charge in [0.25, 0.3) is 0 Å². The highest BCUT2D eigenvalue weighted by molar-refractivity contribution is 7.99. The lowest BCUT2D eigenvalue weighted by Crippen LogP contribution is -2.12. The Morgan fingerprint density at radius 3 is 2.95 bits per heavy atom. The zero-order valence-electron chi connectivity index (χ0n) is 10.5. The molecule has 104 valence electrons. The maximum absolute atomic E-state index is 11.8. The molecule has 0 bridgehead atoms. The number of rotatable bonds is 5. The van der Waals surface area contributed by atoms with Crippen molar-refractivity contribution in [2.45, 2.75) is 11.4 Å². The Balaban J connectivity index is 1.81. The number of carbonyl (C=O) groups excluding carboxylic acids is 1. The van der Waals surface area contributed by atoms with Crippen molar-refractivity contribution in [1.82, 2.24) is 9.97 Å². The monoisotopic (exact) mass is 308 g/mol. The third kappa shape index (κ3) is 4.40. The normalized spacial score (nSPS) is 10.2. The van der Waals surface area contributed by atoms with Crippen molar-refractivity contribution in [3.8, 4) is 0 Å². The minimum atomic E-state index is -0.0989. The number of nitrogens with zero attached hydrogens (tertiary/aromatic N) is 2. The summed E-state index contributed by atoms with van der Waals surface area (Å²) in [5.41, 5.74) is 6.72. The van der Waals surface area contributed by atoms with E-state index in [9.17, 15) is 4.79 Å². The van der Waals surface area contributed by atoms with Crippen molar-refractivity contribution in [1.29, 1.82) is 0 Å². The molecule has 3 N–H and O–H groups in total. The molecule has 1 aromatic carbocycles. The smallest absolute Gasteiger partial charge is 0.225 e. The molecule has 0 aliphatic carbocycles. The molecule has 0 spiro atoms. The lowest BCUT2D eigenvalue weighted by atomic mass is 10.3. The molecule has 2 rings (SSSR count). The Morgan fingerprint density at radius 1 is 1.40 bits per heavy atom. The van der Waals surface area contributed by atoms with Crippen molar-refractivity contribution in [2.24, 2.45) is 0 Å². The van der Waals surface area contributed by atoms with E-state index in [2.05, 4.69) is 15.3 Å². The third-order valence-electron chi connectivity index (χ3n) is 2.40. The highest BCUT2D eigenvalue weighted by atomic mass is 35.5. The van der Waals surface area contributed by atoms with Crippen LogP contribution in [0.5, 0.6) is 0 Å². The van der Waals surface area contributed by atoms with E-state index in [0.29, 0.717) is 28.6 Å². The Bertz CT molecular complexity index is 594. The van der Waals surface area contributed by atoms with Crippen LogP contribution in [0.3, 0.4) is 0 Å². The lowest BCUT2D eigenvalue weighted by molar-refractivity contribution is -0.115. The second-order valence-electron chi connectivity index (χ2n) is 3.93. The maximum atomic E-state index is 11.8. The molecular formula is C13H13ClN4OS. The van der Waals surface area contributed by atoms with Crippen LogP contribution in [0.4, 0.5) is 11.4 Å². The minimum Gasteiger partial charge on any atom is -0.399 e. The quantitative estimate of drug-likeness (QED) is 0.504. The van der Waals surface area contributed by atoms with Crippen LogP contribution in [-0.2, 0) is 4.79 Å². The molecule has 1 aromatic heterocycles. The van der Waals surface area contributed by atoms with Gasteiger partial charge in [0.2, 0.25) is 5.91 Å². The van der Waals surface area contributed by atoms with Gasteiger partial charge in [-0.2, -0.15) is 0 Å². The van der Waals surface area contributed by atoms with Gasteiger partial charge in [-0.1, -0.05) is 11.6 Å². The van der Waals surface area contributed by atoms with E-state index in [1.165, 1.54) is 18.1 Å². The number of anilines is 2. The van der Waals surface area contributed by atoms with E-state index in [4.69, 9.17) is 17.3 Å². The van der Waals surface area contributed by atoms with Gasteiger partial charge in [-0.3, -0.25) is 4.79 Å². The zero-order chi connectivity index (χ0) is 14.4. The first kappa shape index (κ1) is 14.6. The summed E-state index contributed by atoms with van der Waals surface area (Å²) in [6.07, 6.45) is 3.52. The van der Waals surface area contributed by atoms with Crippen LogP contribution in [-0.4, -0.2) is 21.6 Å². The van der Waals surface area contributed by atoms with E-state index in [-0.39, 0.29) is 5.91 Å². The van der Waals surface area contributed by atoms with Crippen LogP contribution in [0.25, 0.3) is 0 Å². The number of carbonyl (C=O) groups is 1. The summed E-state index contributed by atoms with van der Waals surface area (Å²) in [5, 5.41) is 4.03. The van der Waals surface area contributed by atoms with Crippen molar-refractivity contribution in [2.75, 3.05) is 16.8 Å². The summed E-state index contributed by atoms with van der Waals surface area (Å²) < 4.78 is 0. The molecule has 0 saturated heterocycles. The van der Waals surface area contributed by atoms with Crippen LogP contribution in [0.1, 0.15) is 6.42 Å². The number of halogens is 1. The number of hydrogen-bond acceptors (Lipinski definition) is 5. The van der Waals surface area contributed by atoms with Crippen molar-refractivity contribution in [3.05, 3.63) is 41.8 Å². The number of hydrogen-bond donors (Lipinski definition) is 2. The fourth-order valence-corrected chi connectivity index (χ4v) is 2.47. The molecule has 2 aromatic rings. The van der Waals surface area contributed by atoms with Crippen LogP contribution < -0.4 is 11.1 Å². The standard InChI is InChI=1S/C13H13ClN4OS/c14-10-7-9(15)1-2-11(10)18-12(19)4-6-20-13-3-5-16-8-17-13/h1-3,5,7-8H,4,6,15H2,(H,18,19). The topological polar surface area (TPSA) is 80.9 Å². The van der Waals surface area contributed by atoms with Gasteiger partial charge in [-0.25, -0.2) is 9.97 Å². The molecule has 7 heteroatoms. The highest BCUT2D eigenvalue weighted by Gasteiger charge is 2.06. The lowest BCUT2D eigenvalue weighted by Gasteiger charge is -2.07. The number of nitrogens with one attached hydrogen (secondary N) is 1. The molecule has 5 nitrogen and oxygen atoms in total. The average molecular weight is 309 g/mol. The number of aromatic nitrogens is 2. The molecule has 0 radical (unpaired) electrons. The van der Waals surface area contributed by atoms with Crippen molar-refractivity contribution >= 4 is 40.6 Å². The second kappa shape index (κ2) is 7.12. The summed E-state index contributed by atoms with van der Waals surface area (Å²) in [6, 6.07) is 6.79. The molecule has 1 amide bonds. The Labute approximate surface area is 126 Å². The largest absolute Gasteiger partial charge is 0.399 e. The first-order chi connectivity index (χ1) is 9.65. The van der Waals surface area contributed by atoms with Crippen LogP contribution >= 0.6 is 23.4 Å². The maximum Gasteiger partial charge on any atom is 0.225 e. The van der Waals surface area contributed by atoms with Gasteiger partial charge in [0.05, 0.1) is 15.7 Å². The van der Waals surface area contributed by atoms with Gasteiger partial charge in [-0.15, -0.1) is 11.8 Å². The molecular weight excluding hydrogens is 296 g/mol. The van der Waals surface area contributed by atoms with Crippen molar-refractivity contribution < 1.29 is 4.79 Å². The molecule has 0 aliphatic rings. The summed E-state index contributed by atoms with van der Waals surface area (Å²) >= 11 is 7.49. The SMILES string of the molecule is Nc1ccc(NC(=O)CCSc2ccncn2)c(Cl)c1. The van der Waals surface area contributed by atoms with Gasteiger partial charge in [0.15, 0.2) is 0 Å². The van der Waals surface area contributed by atoms with Gasteiger partial charge in [-0.05, 0) is 24.3 Å². The molecule has 1 heterocycles. The summed E-state index contributed by atoms with van der Waals surface area (Å²) in [6.45, 7) is 0. The van der Waals surface area contributed by atoms with Crippen molar-refractivity contribution in [3.63, 3.8) is 0 Å². The molecule has 0 fully saturated rings. The van der Waals surface area contributed by atoms with Gasteiger partial charge >= 0.3 is 0 Å². The fourth-order valence-electron chi connectivity index (χ4n) is 1.46. The van der Waals surface area contributed by atoms with E-state index in [0.717, 1.165) is 5.03 Å². The number of nitrogen functional groups attached to an aromatic ring is 1. The van der Waals surface area contributed by atoms with Crippen LogP contribution in [0.15, 0.2) is 41.8 Å². The van der Waals surface area contributed by atoms with E-state index in [1.54, 1.807) is 30.5 Å². The highest BCUT2D eigenvalue weighted by Crippen LogP contribution is 2.24. The van der Waals surface area contributed by atoms with Gasteiger partial charge in [0, 0.05) is 24.1 Å². The number of amides is 1. The Morgan fingerprint density at radius 2 is 2.25 bits per heavy atom. The number of thioether (sulfide) groups is 1. The molecule has 0 aliphatic heterocycles. The Kier molecular flexibility index (Phi) is 5.20. The van der Waals surface area contributed by atoms with Crippen LogP contribution in [0, 0.1) is 0 Å². The average Bonchev–Trinajstić information content (AvgIpc) is 2.43. The molecule has 0 saturated carbocycles. The number of benzene rings is 1. The predicted molar refractivity (Wildman–Crippen MR) is 81.9 cm³/mol. The van der Waals surface area contributed by atoms with E-state index < -0.39 is 0 Å². The summed E-state index contributed by atoms with van der Waals surface area (Å²) in [4.78, 5) is 19.7. The molecule has 20 heavy (non-hydrogen) atoms. The predicted octanol–water partition coefficient (Wildman–Crippen LogP) is 2.83.